The summed E-state index contributed by atoms with van der Waals surface area (Å²) in [6, 6.07) is 4.07. The van der Waals surface area contributed by atoms with E-state index in [1.807, 2.05) is 12.3 Å². The number of rotatable bonds is 6. The van der Waals surface area contributed by atoms with Crippen LogP contribution in [0.3, 0.4) is 0 Å². The minimum absolute atomic E-state index is 0.189. The van der Waals surface area contributed by atoms with Gasteiger partial charge in [0.2, 0.25) is 0 Å². The highest BCUT2D eigenvalue weighted by molar-refractivity contribution is 5.08. The van der Waals surface area contributed by atoms with Crippen LogP contribution < -0.4 is 5.32 Å². The maximum atomic E-state index is 9.30. The van der Waals surface area contributed by atoms with Crippen molar-refractivity contribution in [1.82, 2.24) is 10.3 Å². The van der Waals surface area contributed by atoms with E-state index in [1.54, 1.807) is 6.20 Å². The van der Waals surface area contributed by atoms with Crippen LogP contribution in [-0.4, -0.2) is 29.8 Å². The van der Waals surface area contributed by atoms with E-state index in [0.717, 1.165) is 19.5 Å². The molecular weight excluding hydrogens is 200 g/mol. The molecular formula is C13H20N2O. The van der Waals surface area contributed by atoms with Gasteiger partial charge in [-0.05, 0) is 37.4 Å². The predicted molar refractivity (Wildman–Crippen MR) is 64.2 cm³/mol. The summed E-state index contributed by atoms with van der Waals surface area (Å²) >= 11 is 0. The Morgan fingerprint density at radius 3 is 2.88 bits per heavy atom. The highest BCUT2D eigenvalue weighted by atomic mass is 16.3. The van der Waals surface area contributed by atoms with E-state index in [-0.39, 0.29) is 5.41 Å². The number of hydrogen-bond donors (Lipinski definition) is 2. The SMILES string of the molecule is OCC1(CNCCc2cccnc2)CCC1. The molecule has 0 saturated heterocycles. The van der Waals surface area contributed by atoms with Gasteiger partial charge in [0.15, 0.2) is 0 Å². The molecule has 1 aromatic heterocycles. The van der Waals surface area contributed by atoms with Crippen LogP contribution in [0.25, 0.3) is 0 Å². The molecule has 0 aromatic carbocycles. The average Bonchev–Trinajstić information content (AvgIpc) is 2.29. The Morgan fingerprint density at radius 2 is 2.31 bits per heavy atom. The van der Waals surface area contributed by atoms with Crippen LogP contribution in [0.5, 0.6) is 0 Å². The zero-order valence-corrected chi connectivity index (χ0v) is 9.65. The van der Waals surface area contributed by atoms with Gasteiger partial charge < -0.3 is 10.4 Å². The first-order valence-corrected chi connectivity index (χ1v) is 6.05. The van der Waals surface area contributed by atoms with Gasteiger partial charge in [-0.1, -0.05) is 12.5 Å². The van der Waals surface area contributed by atoms with Crippen molar-refractivity contribution >= 4 is 0 Å². The van der Waals surface area contributed by atoms with Gasteiger partial charge >= 0.3 is 0 Å². The molecule has 1 aliphatic rings. The molecule has 3 nitrogen and oxygen atoms in total. The van der Waals surface area contributed by atoms with Crippen molar-refractivity contribution in [1.29, 1.82) is 0 Å². The molecule has 3 heteroatoms. The van der Waals surface area contributed by atoms with Crippen LogP contribution in [-0.2, 0) is 6.42 Å². The largest absolute Gasteiger partial charge is 0.396 e. The third-order valence-electron chi connectivity index (χ3n) is 3.56. The van der Waals surface area contributed by atoms with Gasteiger partial charge in [0.1, 0.15) is 0 Å². The van der Waals surface area contributed by atoms with Crippen LogP contribution >= 0.6 is 0 Å². The summed E-state index contributed by atoms with van der Waals surface area (Å²) in [5, 5.41) is 12.7. The van der Waals surface area contributed by atoms with Gasteiger partial charge in [-0.3, -0.25) is 4.98 Å². The Kier molecular flexibility index (Phi) is 3.91. The van der Waals surface area contributed by atoms with Crippen molar-refractivity contribution in [3.63, 3.8) is 0 Å². The van der Waals surface area contributed by atoms with E-state index in [2.05, 4.69) is 16.4 Å². The predicted octanol–water partition coefficient (Wildman–Crippen LogP) is 1.38. The molecule has 0 atom stereocenters. The fraction of sp³-hybridized carbons (Fsp3) is 0.615. The van der Waals surface area contributed by atoms with Gasteiger partial charge in [0.05, 0.1) is 0 Å². The summed E-state index contributed by atoms with van der Waals surface area (Å²) in [5.41, 5.74) is 1.45. The Labute approximate surface area is 96.9 Å². The number of pyridine rings is 1. The van der Waals surface area contributed by atoms with Gasteiger partial charge in [-0.15, -0.1) is 0 Å². The van der Waals surface area contributed by atoms with Crippen molar-refractivity contribution in [2.24, 2.45) is 5.41 Å². The monoisotopic (exact) mass is 220 g/mol. The highest BCUT2D eigenvalue weighted by Gasteiger charge is 2.35. The Hall–Kier alpha value is -0.930. The van der Waals surface area contributed by atoms with Crippen LogP contribution in [0.2, 0.25) is 0 Å². The van der Waals surface area contributed by atoms with E-state index in [9.17, 15) is 5.11 Å². The molecule has 0 amide bonds. The van der Waals surface area contributed by atoms with Crippen molar-refractivity contribution < 1.29 is 5.11 Å². The molecule has 1 fully saturated rings. The van der Waals surface area contributed by atoms with E-state index in [0.29, 0.717) is 6.61 Å². The third-order valence-corrected chi connectivity index (χ3v) is 3.56. The van der Waals surface area contributed by atoms with Crippen LogP contribution in [0.1, 0.15) is 24.8 Å². The van der Waals surface area contributed by atoms with Crippen molar-refractivity contribution in [3.8, 4) is 0 Å². The quantitative estimate of drug-likeness (QED) is 0.712. The van der Waals surface area contributed by atoms with Crippen LogP contribution in [0, 0.1) is 5.41 Å². The molecule has 0 bridgehead atoms. The number of hydrogen-bond acceptors (Lipinski definition) is 3. The molecule has 0 spiro atoms. The smallest absolute Gasteiger partial charge is 0.0499 e. The van der Waals surface area contributed by atoms with E-state index >= 15 is 0 Å². The molecule has 0 unspecified atom stereocenters. The molecule has 1 heterocycles. The van der Waals surface area contributed by atoms with Crippen LogP contribution in [0.4, 0.5) is 0 Å². The molecule has 16 heavy (non-hydrogen) atoms. The number of nitrogens with zero attached hydrogens (tertiary/aromatic N) is 1. The maximum absolute atomic E-state index is 9.30. The lowest BCUT2D eigenvalue weighted by Gasteiger charge is -2.40. The lowest BCUT2D eigenvalue weighted by molar-refractivity contribution is 0.0451. The summed E-state index contributed by atoms with van der Waals surface area (Å²) in [7, 11) is 0. The minimum Gasteiger partial charge on any atom is -0.396 e. The fourth-order valence-electron chi connectivity index (χ4n) is 2.20. The van der Waals surface area contributed by atoms with Crippen molar-refractivity contribution in [2.75, 3.05) is 19.7 Å². The van der Waals surface area contributed by atoms with E-state index < -0.39 is 0 Å². The maximum Gasteiger partial charge on any atom is 0.0499 e. The molecule has 1 saturated carbocycles. The number of aliphatic hydroxyl groups is 1. The zero-order valence-electron chi connectivity index (χ0n) is 9.65. The molecule has 1 aliphatic carbocycles. The molecule has 2 rings (SSSR count). The zero-order chi connectivity index (χ0) is 11.3. The number of aliphatic hydroxyl groups excluding tert-OH is 1. The van der Waals surface area contributed by atoms with E-state index in [4.69, 9.17) is 0 Å². The van der Waals surface area contributed by atoms with Gasteiger partial charge in [0.25, 0.3) is 0 Å². The first-order valence-electron chi connectivity index (χ1n) is 6.05. The average molecular weight is 220 g/mol. The topological polar surface area (TPSA) is 45.1 Å². The Balaban J connectivity index is 1.65. The number of nitrogens with one attached hydrogen (secondary N) is 1. The first-order chi connectivity index (χ1) is 7.85. The number of aromatic nitrogens is 1. The molecule has 0 aliphatic heterocycles. The van der Waals surface area contributed by atoms with Gasteiger partial charge in [0, 0.05) is 31.0 Å². The standard InChI is InChI=1S/C13H20N2O/c16-11-13(5-2-6-13)10-15-8-4-12-3-1-7-14-9-12/h1,3,7,9,15-16H,2,4-6,8,10-11H2. The molecule has 0 radical (unpaired) electrons. The summed E-state index contributed by atoms with van der Waals surface area (Å²) in [6.07, 6.45) is 8.33. The van der Waals surface area contributed by atoms with Crippen molar-refractivity contribution in [2.45, 2.75) is 25.7 Å². The second-order valence-electron chi connectivity index (χ2n) is 4.80. The Morgan fingerprint density at radius 1 is 1.44 bits per heavy atom. The van der Waals surface area contributed by atoms with E-state index in [1.165, 1.54) is 24.8 Å². The normalized spacial score (nSPS) is 18.1. The second-order valence-corrected chi connectivity index (χ2v) is 4.80. The van der Waals surface area contributed by atoms with Crippen molar-refractivity contribution in [3.05, 3.63) is 30.1 Å². The summed E-state index contributed by atoms with van der Waals surface area (Å²) < 4.78 is 0. The fourth-order valence-corrected chi connectivity index (χ4v) is 2.20. The summed E-state index contributed by atoms with van der Waals surface area (Å²) in [4.78, 5) is 4.09. The molecule has 1 aromatic rings. The lowest BCUT2D eigenvalue weighted by atomic mass is 9.69. The van der Waals surface area contributed by atoms with Gasteiger partial charge in [-0.25, -0.2) is 0 Å². The molecule has 88 valence electrons. The molecule has 2 N–H and O–H groups in total. The van der Waals surface area contributed by atoms with Gasteiger partial charge in [-0.2, -0.15) is 0 Å². The van der Waals surface area contributed by atoms with Crippen LogP contribution in [0.15, 0.2) is 24.5 Å². The second kappa shape index (κ2) is 5.41. The summed E-state index contributed by atoms with van der Waals surface area (Å²) in [5.74, 6) is 0. The third kappa shape index (κ3) is 2.80. The minimum atomic E-state index is 0.189. The highest BCUT2D eigenvalue weighted by Crippen LogP contribution is 2.39. The Bertz CT molecular complexity index is 303. The summed E-state index contributed by atoms with van der Waals surface area (Å²) in [6.45, 7) is 2.24. The lowest BCUT2D eigenvalue weighted by Crippen LogP contribution is -2.43. The first kappa shape index (κ1) is 11.6.